The van der Waals surface area contributed by atoms with E-state index in [-0.39, 0.29) is 22.2 Å². The average molecular weight is 311 g/mol. The van der Waals surface area contributed by atoms with Crippen LogP contribution < -0.4 is 10.1 Å². The highest BCUT2D eigenvalue weighted by Gasteiger charge is 2.15. The van der Waals surface area contributed by atoms with Gasteiger partial charge in [-0.2, -0.15) is 0 Å². The van der Waals surface area contributed by atoms with Gasteiger partial charge in [0, 0.05) is 24.2 Å². The SMILES string of the molecule is CNCc1cccc(F)c1Oc1ccc([N+](=O)[O-])c(Cl)c1. The number of ether oxygens (including phenoxy) is 1. The zero-order valence-electron chi connectivity index (χ0n) is 11.1. The first-order chi connectivity index (χ1) is 10.0. The number of rotatable bonds is 5. The molecule has 0 heterocycles. The monoisotopic (exact) mass is 310 g/mol. The Hall–Kier alpha value is -2.18. The number of nitrogens with zero attached hydrogens (tertiary/aromatic N) is 1. The second kappa shape index (κ2) is 6.51. The number of halogens is 2. The maximum absolute atomic E-state index is 13.9. The van der Waals surface area contributed by atoms with Gasteiger partial charge in [-0.1, -0.05) is 23.7 Å². The van der Waals surface area contributed by atoms with Crippen LogP contribution in [0, 0.1) is 15.9 Å². The predicted octanol–water partition coefficient (Wildman–Crippen LogP) is 3.90. The van der Waals surface area contributed by atoms with Gasteiger partial charge in [0.05, 0.1) is 4.92 Å². The summed E-state index contributed by atoms with van der Waals surface area (Å²) in [6.07, 6.45) is 0. The van der Waals surface area contributed by atoms with E-state index in [0.717, 1.165) is 0 Å². The van der Waals surface area contributed by atoms with Crippen LogP contribution in [0.4, 0.5) is 10.1 Å². The van der Waals surface area contributed by atoms with Gasteiger partial charge < -0.3 is 10.1 Å². The summed E-state index contributed by atoms with van der Waals surface area (Å²) in [6.45, 7) is 0.424. The molecule has 0 radical (unpaired) electrons. The summed E-state index contributed by atoms with van der Waals surface area (Å²) in [5, 5.41) is 13.5. The number of benzene rings is 2. The number of para-hydroxylation sites is 1. The van der Waals surface area contributed by atoms with Gasteiger partial charge in [-0.15, -0.1) is 0 Å². The molecule has 1 N–H and O–H groups in total. The van der Waals surface area contributed by atoms with Gasteiger partial charge >= 0.3 is 0 Å². The second-order valence-electron chi connectivity index (χ2n) is 4.23. The first kappa shape index (κ1) is 15.2. The summed E-state index contributed by atoms with van der Waals surface area (Å²) in [5.74, 6) is -0.220. The minimum atomic E-state index is -0.596. The van der Waals surface area contributed by atoms with Gasteiger partial charge in [-0.05, 0) is 19.2 Å². The molecule has 0 saturated heterocycles. The third-order valence-electron chi connectivity index (χ3n) is 2.75. The van der Waals surface area contributed by atoms with Crippen molar-refractivity contribution in [3.8, 4) is 11.5 Å². The van der Waals surface area contributed by atoms with Crippen molar-refractivity contribution in [1.82, 2.24) is 5.32 Å². The molecule has 0 aliphatic heterocycles. The minimum absolute atomic E-state index is 0.0657. The Bertz CT molecular complexity index is 679. The summed E-state index contributed by atoms with van der Waals surface area (Å²) < 4.78 is 19.4. The third-order valence-corrected chi connectivity index (χ3v) is 3.05. The molecule has 0 atom stereocenters. The van der Waals surface area contributed by atoms with Crippen molar-refractivity contribution >= 4 is 17.3 Å². The first-order valence-electron chi connectivity index (χ1n) is 6.06. The molecule has 2 aromatic carbocycles. The maximum Gasteiger partial charge on any atom is 0.288 e. The molecule has 5 nitrogen and oxygen atoms in total. The summed E-state index contributed by atoms with van der Waals surface area (Å²) in [5.41, 5.74) is 0.403. The largest absolute Gasteiger partial charge is 0.454 e. The van der Waals surface area contributed by atoms with E-state index in [9.17, 15) is 14.5 Å². The molecule has 2 rings (SSSR count). The van der Waals surface area contributed by atoms with Crippen molar-refractivity contribution in [1.29, 1.82) is 0 Å². The van der Waals surface area contributed by atoms with Crippen LogP contribution in [0.2, 0.25) is 5.02 Å². The van der Waals surface area contributed by atoms with Crippen LogP contribution in [-0.4, -0.2) is 12.0 Å². The van der Waals surface area contributed by atoms with E-state index in [4.69, 9.17) is 16.3 Å². The van der Waals surface area contributed by atoms with Crippen LogP contribution in [0.15, 0.2) is 36.4 Å². The number of nitro groups is 1. The number of hydrogen-bond acceptors (Lipinski definition) is 4. The van der Waals surface area contributed by atoms with Crippen LogP contribution in [0.5, 0.6) is 11.5 Å². The smallest absolute Gasteiger partial charge is 0.288 e. The lowest BCUT2D eigenvalue weighted by Gasteiger charge is -2.12. The lowest BCUT2D eigenvalue weighted by molar-refractivity contribution is -0.384. The molecule has 110 valence electrons. The molecule has 0 aromatic heterocycles. The normalized spacial score (nSPS) is 10.4. The summed E-state index contributed by atoms with van der Waals surface area (Å²) in [7, 11) is 1.73. The molecule has 2 aromatic rings. The Balaban J connectivity index is 2.34. The molecular formula is C14H12ClFN2O3. The van der Waals surface area contributed by atoms with Crippen molar-refractivity contribution in [2.45, 2.75) is 6.54 Å². The van der Waals surface area contributed by atoms with Crippen LogP contribution in [0.3, 0.4) is 0 Å². The Morgan fingerprint density at radius 3 is 2.76 bits per heavy atom. The molecule has 21 heavy (non-hydrogen) atoms. The van der Waals surface area contributed by atoms with Gasteiger partial charge in [0.1, 0.15) is 10.8 Å². The second-order valence-corrected chi connectivity index (χ2v) is 4.64. The lowest BCUT2D eigenvalue weighted by atomic mass is 10.2. The zero-order chi connectivity index (χ0) is 15.4. The Morgan fingerprint density at radius 2 is 2.14 bits per heavy atom. The topological polar surface area (TPSA) is 64.4 Å². The fourth-order valence-corrected chi connectivity index (χ4v) is 2.05. The van der Waals surface area contributed by atoms with E-state index in [1.54, 1.807) is 19.2 Å². The van der Waals surface area contributed by atoms with E-state index in [1.807, 2.05) is 0 Å². The van der Waals surface area contributed by atoms with Crippen molar-refractivity contribution in [2.24, 2.45) is 0 Å². The van der Waals surface area contributed by atoms with E-state index < -0.39 is 10.7 Å². The summed E-state index contributed by atoms with van der Waals surface area (Å²) >= 11 is 5.80. The van der Waals surface area contributed by atoms with E-state index >= 15 is 0 Å². The Kier molecular flexibility index (Phi) is 4.72. The molecule has 0 aliphatic carbocycles. The zero-order valence-corrected chi connectivity index (χ0v) is 11.9. The van der Waals surface area contributed by atoms with Gasteiger partial charge in [-0.25, -0.2) is 4.39 Å². The van der Waals surface area contributed by atoms with Gasteiger partial charge in [0.15, 0.2) is 11.6 Å². The quantitative estimate of drug-likeness (QED) is 0.672. The van der Waals surface area contributed by atoms with Gasteiger partial charge in [0.25, 0.3) is 5.69 Å². The van der Waals surface area contributed by atoms with Crippen molar-refractivity contribution in [3.63, 3.8) is 0 Å². The number of nitrogens with one attached hydrogen (secondary N) is 1. The Morgan fingerprint density at radius 1 is 1.38 bits per heavy atom. The van der Waals surface area contributed by atoms with Crippen LogP contribution in [0.25, 0.3) is 0 Å². The van der Waals surface area contributed by atoms with Crippen molar-refractivity contribution in [2.75, 3.05) is 7.05 Å². The fraction of sp³-hybridized carbons (Fsp3) is 0.143. The predicted molar refractivity (Wildman–Crippen MR) is 77.3 cm³/mol. The molecule has 0 amide bonds. The standard InChI is InChI=1S/C14H12ClFN2O3/c1-17-8-9-3-2-4-12(16)14(9)21-10-5-6-13(18(19)20)11(15)7-10/h2-7,17H,8H2,1H3. The van der Waals surface area contributed by atoms with E-state index in [1.165, 1.54) is 24.3 Å². The highest BCUT2D eigenvalue weighted by molar-refractivity contribution is 6.32. The molecule has 0 fully saturated rings. The minimum Gasteiger partial charge on any atom is -0.454 e. The molecule has 0 spiro atoms. The molecular weight excluding hydrogens is 299 g/mol. The first-order valence-corrected chi connectivity index (χ1v) is 6.44. The van der Waals surface area contributed by atoms with Gasteiger partial charge in [-0.3, -0.25) is 10.1 Å². The molecule has 0 aliphatic rings. The Labute approximate surface area is 125 Å². The third kappa shape index (κ3) is 3.48. The lowest BCUT2D eigenvalue weighted by Crippen LogP contribution is -2.07. The highest BCUT2D eigenvalue weighted by Crippen LogP contribution is 2.33. The van der Waals surface area contributed by atoms with Crippen LogP contribution in [-0.2, 0) is 6.54 Å². The summed E-state index contributed by atoms with van der Waals surface area (Å²) in [4.78, 5) is 10.1. The van der Waals surface area contributed by atoms with Crippen LogP contribution in [0.1, 0.15) is 5.56 Å². The van der Waals surface area contributed by atoms with Gasteiger partial charge in [0.2, 0.25) is 0 Å². The number of nitro benzene ring substituents is 1. The van der Waals surface area contributed by atoms with E-state index in [2.05, 4.69) is 5.32 Å². The molecule has 0 bridgehead atoms. The molecule has 0 unspecified atom stereocenters. The van der Waals surface area contributed by atoms with Crippen molar-refractivity contribution in [3.05, 3.63) is 62.9 Å². The molecule has 7 heteroatoms. The van der Waals surface area contributed by atoms with Crippen LogP contribution >= 0.6 is 11.6 Å². The average Bonchev–Trinajstić information content (AvgIpc) is 2.42. The van der Waals surface area contributed by atoms with Crippen molar-refractivity contribution < 1.29 is 14.1 Å². The highest BCUT2D eigenvalue weighted by atomic mass is 35.5. The number of hydrogen-bond donors (Lipinski definition) is 1. The van der Waals surface area contributed by atoms with E-state index in [0.29, 0.717) is 12.1 Å². The fourth-order valence-electron chi connectivity index (χ4n) is 1.81. The summed E-state index contributed by atoms with van der Waals surface area (Å²) in [6, 6.07) is 8.46. The maximum atomic E-state index is 13.9. The molecule has 0 saturated carbocycles.